The van der Waals surface area contributed by atoms with Crippen LogP contribution in [-0.2, 0) is 6.54 Å². The van der Waals surface area contributed by atoms with Crippen molar-refractivity contribution in [3.63, 3.8) is 0 Å². The highest BCUT2D eigenvalue weighted by molar-refractivity contribution is 9.11. The second-order valence-electron chi connectivity index (χ2n) is 4.26. The summed E-state index contributed by atoms with van der Waals surface area (Å²) in [4.78, 5) is 14.6. The van der Waals surface area contributed by atoms with E-state index < -0.39 is 0 Å². The highest BCUT2D eigenvalue weighted by atomic mass is 79.9. The molecule has 100 valence electrons. The highest BCUT2D eigenvalue weighted by Gasteiger charge is 2.11. The van der Waals surface area contributed by atoms with Crippen LogP contribution < -0.4 is 5.32 Å². The van der Waals surface area contributed by atoms with Crippen molar-refractivity contribution in [2.75, 3.05) is 0 Å². The standard InChI is InChI=1S/C14H13Br2NOS/c1-8-5-11(19-9(8)2)7-17-14(18)12-6-10(15)3-4-13(12)16/h3-6H,7H2,1-2H3,(H,17,18). The summed E-state index contributed by atoms with van der Waals surface area (Å²) in [5.41, 5.74) is 1.91. The molecule has 0 saturated heterocycles. The first-order valence-corrected chi connectivity index (χ1v) is 8.17. The van der Waals surface area contributed by atoms with Crippen molar-refractivity contribution in [3.05, 3.63) is 54.1 Å². The van der Waals surface area contributed by atoms with Crippen molar-refractivity contribution >= 4 is 49.1 Å². The molecule has 1 N–H and O–H groups in total. The van der Waals surface area contributed by atoms with Crippen LogP contribution in [0.4, 0.5) is 0 Å². The number of carbonyl (C=O) groups is 1. The van der Waals surface area contributed by atoms with Crippen LogP contribution in [0.25, 0.3) is 0 Å². The summed E-state index contributed by atoms with van der Waals surface area (Å²) in [5, 5.41) is 2.94. The Hall–Kier alpha value is -0.650. The third kappa shape index (κ3) is 3.68. The Morgan fingerprint density at radius 3 is 2.63 bits per heavy atom. The molecular weight excluding hydrogens is 390 g/mol. The van der Waals surface area contributed by atoms with E-state index in [9.17, 15) is 4.79 Å². The minimum Gasteiger partial charge on any atom is -0.347 e. The van der Waals surface area contributed by atoms with Gasteiger partial charge in [-0.25, -0.2) is 0 Å². The first-order chi connectivity index (χ1) is 8.97. The van der Waals surface area contributed by atoms with Gasteiger partial charge in [0.1, 0.15) is 0 Å². The molecule has 0 saturated carbocycles. The van der Waals surface area contributed by atoms with Crippen molar-refractivity contribution in [1.82, 2.24) is 5.32 Å². The molecule has 2 aromatic rings. The van der Waals surface area contributed by atoms with Crippen molar-refractivity contribution in [2.24, 2.45) is 0 Å². The van der Waals surface area contributed by atoms with Gasteiger partial charge in [-0.15, -0.1) is 11.3 Å². The van der Waals surface area contributed by atoms with Gasteiger partial charge in [-0.05, 0) is 59.6 Å². The molecule has 0 aliphatic heterocycles. The lowest BCUT2D eigenvalue weighted by Crippen LogP contribution is -2.22. The molecule has 0 spiro atoms. The van der Waals surface area contributed by atoms with Gasteiger partial charge in [-0.2, -0.15) is 0 Å². The van der Waals surface area contributed by atoms with E-state index in [2.05, 4.69) is 57.1 Å². The van der Waals surface area contributed by atoms with Gasteiger partial charge in [0.05, 0.1) is 12.1 Å². The molecule has 1 heterocycles. The quantitative estimate of drug-likeness (QED) is 0.783. The van der Waals surface area contributed by atoms with Gasteiger partial charge in [-0.3, -0.25) is 4.79 Å². The Bertz CT molecular complexity index is 602. The van der Waals surface area contributed by atoms with Gasteiger partial charge in [0.15, 0.2) is 0 Å². The molecule has 1 aromatic carbocycles. The van der Waals surface area contributed by atoms with E-state index in [0.717, 1.165) is 8.95 Å². The molecule has 0 unspecified atom stereocenters. The van der Waals surface area contributed by atoms with Crippen LogP contribution >= 0.6 is 43.2 Å². The van der Waals surface area contributed by atoms with Crippen LogP contribution in [0.2, 0.25) is 0 Å². The van der Waals surface area contributed by atoms with E-state index in [-0.39, 0.29) is 5.91 Å². The maximum Gasteiger partial charge on any atom is 0.252 e. The van der Waals surface area contributed by atoms with E-state index in [1.807, 2.05) is 18.2 Å². The molecule has 0 bridgehead atoms. The molecule has 0 fully saturated rings. The van der Waals surface area contributed by atoms with Crippen molar-refractivity contribution in [2.45, 2.75) is 20.4 Å². The van der Waals surface area contributed by atoms with Crippen LogP contribution in [0.5, 0.6) is 0 Å². The van der Waals surface area contributed by atoms with Crippen molar-refractivity contribution < 1.29 is 4.79 Å². The fourth-order valence-corrected chi connectivity index (χ4v) is 3.45. The lowest BCUT2D eigenvalue weighted by atomic mass is 10.2. The molecule has 19 heavy (non-hydrogen) atoms. The highest BCUT2D eigenvalue weighted by Crippen LogP contribution is 2.23. The summed E-state index contributed by atoms with van der Waals surface area (Å²) in [6.07, 6.45) is 0. The fourth-order valence-electron chi connectivity index (χ4n) is 1.67. The second-order valence-corrected chi connectivity index (χ2v) is 7.37. The Morgan fingerprint density at radius 2 is 2.00 bits per heavy atom. The van der Waals surface area contributed by atoms with Crippen LogP contribution in [0.15, 0.2) is 33.2 Å². The monoisotopic (exact) mass is 401 g/mol. The van der Waals surface area contributed by atoms with Crippen LogP contribution in [-0.4, -0.2) is 5.91 Å². The number of rotatable bonds is 3. The number of carbonyl (C=O) groups excluding carboxylic acids is 1. The predicted molar refractivity (Wildman–Crippen MR) is 86.8 cm³/mol. The van der Waals surface area contributed by atoms with Crippen molar-refractivity contribution in [3.8, 4) is 0 Å². The van der Waals surface area contributed by atoms with Crippen LogP contribution in [0.1, 0.15) is 25.7 Å². The molecule has 0 atom stereocenters. The number of hydrogen-bond donors (Lipinski definition) is 1. The summed E-state index contributed by atoms with van der Waals surface area (Å²) < 4.78 is 1.69. The molecule has 1 amide bonds. The molecular formula is C14H13Br2NOS. The van der Waals surface area contributed by atoms with Gasteiger partial charge in [0, 0.05) is 18.7 Å². The Labute approximate surface area is 133 Å². The number of aryl methyl sites for hydroxylation is 2. The lowest BCUT2D eigenvalue weighted by Gasteiger charge is -2.06. The average molecular weight is 403 g/mol. The summed E-state index contributed by atoms with van der Waals surface area (Å²) in [6.45, 7) is 4.75. The Kier molecular flexibility index (Phi) is 4.81. The van der Waals surface area contributed by atoms with Gasteiger partial charge < -0.3 is 5.32 Å². The van der Waals surface area contributed by atoms with E-state index >= 15 is 0 Å². The normalized spacial score (nSPS) is 10.5. The molecule has 2 nitrogen and oxygen atoms in total. The third-order valence-corrected chi connectivity index (χ3v) is 5.15. The van der Waals surface area contributed by atoms with E-state index in [0.29, 0.717) is 12.1 Å². The topological polar surface area (TPSA) is 29.1 Å². The van der Waals surface area contributed by atoms with Gasteiger partial charge in [-0.1, -0.05) is 15.9 Å². The number of halogens is 2. The predicted octanol–water partition coefficient (Wildman–Crippen LogP) is 4.82. The average Bonchev–Trinajstić information content (AvgIpc) is 2.69. The maximum absolute atomic E-state index is 12.1. The summed E-state index contributed by atoms with van der Waals surface area (Å²) >= 11 is 8.49. The van der Waals surface area contributed by atoms with E-state index in [1.54, 1.807) is 11.3 Å². The van der Waals surface area contributed by atoms with Gasteiger partial charge >= 0.3 is 0 Å². The maximum atomic E-state index is 12.1. The number of nitrogens with one attached hydrogen (secondary N) is 1. The summed E-state index contributed by atoms with van der Waals surface area (Å²) in [6, 6.07) is 7.69. The van der Waals surface area contributed by atoms with Gasteiger partial charge in [0.25, 0.3) is 5.91 Å². The number of thiophene rings is 1. The fraction of sp³-hybridized carbons (Fsp3) is 0.214. The summed E-state index contributed by atoms with van der Waals surface area (Å²) in [5.74, 6) is -0.0723. The molecule has 0 aliphatic rings. The number of amides is 1. The molecule has 0 aliphatic carbocycles. The smallest absolute Gasteiger partial charge is 0.252 e. The zero-order valence-corrected chi connectivity index (χ0v) is 14.6. The molecule has 5 heteroatoms. The lowest BCUT2D eigenvalue weighted by molar-refractivity contribution is 0.0950. The van der Waals surface area contributed by atoms with Gasteiger partial charge in [0.2, 0.25) is 0 Å². The first-order valence-electron chi connectivity index (χ1n) is 5.76. The second kappa shape index (κ2) is 6.20. The largest absolute Gasteiger partial charge is 0.347 e. The summed E-state index contributed by atoms with van der Waals surface area (Å²) in [7, 11) is 0. The van der Waals surface area contributed by atoms with E-state index in [1.165, 1.54) is 15.3 Å². The SMILES string of the molecule is Cc1cc(CNC(=O)c2cc(Br)ccc2Br)sc1C. The Morgan fingerprint density at radius 1 is 1.26 bits per heavy atom. The Balaban J connectivity index is 2.07. The minimum absolute atomic E-state index is 0.0723. The zero-order valence-electron chi connectivity index (χ0n) is 10.6. The minimum atomic E-state index is -0.0723. The number of benzene rings is 1. The van der Waals surface area contributed by atoms with E-state index in [4.69, 9.17) is 0 Å². The molecule has 1 aromatic heterocycles. The third-order valence-electron chi connectivity index (χ3n) is 2.81. The molecule has 2 rings (SSSR count). The van der Waals surface area contributed by atoms with Crippen molar-refractivity contribution in [1.29, 1.82) is 0 Å². The number of hydrogen-bond acceptors (Lipinski definition) is 2. The zero-order chi connectivity index (χ0) is 14.0. The van der Waals surface area contributed by atoms with Crippen LogP contribution in [0.3, 0.4) is 0 Å². The van der Waals surface area contributed by atoms with Crippen LogP contribution in [0, 0.1) is 13.8 Å². The molecule has 0 radical (unpaired) electrons. The first kappa shape index (κ1) is 14.8.